The van der Waals surface area contributed by atoms with Crippen molar-refractivity contribution in [3.63, 3.8) is 0 Å². The van der Waals surface area contributed by atoms with Gasteiger partial charge in [-0.05, 0) is 41.5 Å². The van der Waals surface area contributed by atoms with Gasteiger partial charge in [0, 0.05) is 23.8 Å². The fourth-order valence-corrected chi connectivity index (χ4v) is 2.47. The van der Waals surface area contributed by atoms with Crippen LogP contribution in [0.25, 0.3) is 22.4 Å². The molecule has 7 heteroatoms. The highest BCUT2D eigenvalue weighted by Crippen LogP contribution is 2.30. The Morgan fingerprint density at radius 1 is 1.04 bits per heavy atom. The van der Waals surface area contributed by atoms with Gasteiger partial charge < -0.3 is 0 Å². The van der Waals surface area contributed by atoms with Gasteiger partial charge in [-0.1, -0.05) is 22.9 Å². The summed E-state index contributed by atoms with van der Waals surface area (Å²) in [6, 6.07) is 8.87. The summed E-state index contributed by atoms with van der Waals surface area (Å²) in [5.41, 5.74) is 3.06. The van der Waals surface area contributed by atoms with Crippen LogP contribution < -0.4 is 0 Å². The van der Waals surface area contributed by atoms with E-state index in [0.29, 0.717) is 33.1 Å². The quantitative estimate of drug-likeness (QED) is 0.733. The topological polar surface area (TPSA) is 53.9 Å². The van der Waals surface area contributed by atoms with Crippen molar-refractivity contribution in [1.29, 1.82) is 0 Å². The molecular weight excluding hydrogens is 322 g/mol. The standard InChI is InChI=1S/C16H11ClF2N4/c1-20-8-15-16(22-23-21-15)11-4-10(5-12(17)6-11)9-2-3-13(18)14(19)7-9/h2-8H,1H3,(H,21,22,23)/b20-8+. The van der Waals surface area contributed by atoms with Crippen LogP contribution in [0.15, 0.2) is 41.4 Å². The van der Waals surface area contributed by atoms with E-state index in [4.69, 9.17) is 11.6 Å². The second-order valence-corrected chi connectivity index (χ2v) is 5.26. The van der Waals surface area contributed by atoms with Crippen LogP contribution >= 0.6 is 11.6 Å². The molecular formula is C16H11ClF2N4. The van der Waals surface area contributed by atoms with E-state index in [1.54, 1.807) is 31.5 Å². The number of rotatable bonds is 3. The highest BCUT2D eigenvalue weighted by molar-refractivity contribution is 6.31. The van der Waals surface area contributed by atoms with Gasteiger partial charge in [-0.25, -0.2) is 8.78 Å². The molecule has 1 N–H and O–H groups in total. The van der Waals surface area contributed by atoms with Crippen molar-refractivity contribution in [3.05, 3.63) is 58.7 Å². The first kappa shape index (κ1) is 15.3. The molecule has 1 aromatic heterocycles. The van der Waals surface area contributed by atoms with E-state index in [1.807, 2.05) is 0 Å². The van der Waals surface area contributed by atoms with Gasteiger partial charge in [-0.3, -0.25) is 10.1 Å². The van der Waals surface area contributed by atoms with Crippen molar-refractivity contribution in [2.75, 3.05) is 7.05 Å². The lowest BCUT2D eigenvalue weighted by molar-refractivity contribution is 0.509. The Morgan fingerprint density at radius 3 is 2.57 bits per heavy atom. The number of nitrogens with one attached hydrogen (secondary N) is 1. The smallest absolute Gasteiger partial charge is 0.159 e. The third-order valence-corrected chi connectivity index (χ3v) is 3.48. The number of H-pyrrole nitrogens is 1. The summed E-state index contributed by atoms with van der Waals surface area (Å²) >= 11 is 6.16. The van der Waals surface area contributed by atoms with Crippen molar-refractivity contribution in [2.45, 2.75) is 0 Å². The van der Waals surface area contributed by atoms with Gasteiger partial charge in [0.2, 0.25) is 0 Å². The maximum atomic E-state index is 13.5. The molecule has 0 aliphatic heterocycles. The molecule has 0 bridgehead atoms. The molecule has 0 saturated heterocycles. The Hall–Kier alpha value is -2.60. The Morgan fingerprint density at radius 2 is 1.83 bits per heavy atom. The molecule has 3 rings (SSSR count). The SMILES string of the molecule is C/N=C/c1[nH]nnc1-c1cc(Cl)cc(-c2ccc(F)c(F)c2)c1. The molecule has 0 fully saturated rings. The van der Waals surface area contributed by atoms with Crippen LogP contribution in [0.2, 0.25) is 5.02 Å². The Balaban J connectivity index is 2.12. The second-order valence-electron chi connectivity index (χ2n) is 4.82. The fourth-order valence-electron chi connectivity index (χ4n) is 2.24. The van der Waals surface area contributed by atoms with Gasteiger partial charge in [0.15, 0.2) is 11.6 Å². The predicted molar refractivity (Wildman–Crippen MR) is 85.7 cm³/mol. The molecule has 0 saturated carbocycles. The number of hydrogen-bond donors (Lipinski definition) is 1. The zero-order valence-corrected chi connectivity index (χ0v) is 12.8. The number of nitrogens with zero attached hydrogens (tertiary/aromatic N) is 3. The average Bonchev–Trinajstić information content (AvgIpc) is 2.98. The van der Waals surface area contributed by atoms with Crippen molar-refractivity contribution in [1.82, 2.24) is 15.4 Å². The molecule has 1 heterocycles. The van der Waals surface area contributed by atoms with E-state index < -0.39 is 11.6 Å². The van der Waals surface area contributed by atoms with Gasteiger partial charge >= 0.3 is 0 Å². The third-order valence-electron chi connectivity index (χ3n) is 3.26. The van der Waals surface area contributed by atoms with E-state index in [-0.39, 0.29) is 0 Å². The Labute approximate surface area is 135 Å². The summed E-state index contributed by atoms with van der Waals surface area (Å²) in [5.74, 6) is -1.81. The van der Waals surface area contributed by atoms with Gasteiger partial charge in [0.1, 0.15) is 11.4 Å². The van der Waals surface area contributed by atoms with Crippen LogP contribution in [-0.4, -0.2) is 28.7 Å². The molecule has 0 amide bonds. The van der Waals surface area contributed by atoms with E-state index in [9.17, 15) is 8.78 Å². The van der Waals surface area contributed by atoms with E-state index in [0.717, 1.165) is 12.1 Å². The largest absolute Gasteiger partial charge is 0.294 e. The molecule has 0 atom stereocenters. The van der Waals surface area contributed by atoms with Crippen LogP contribution in [0.4, 0.5) is 8.78 Å². The van der Waals surface area contributed by atoms with Gasteiger partial charge in [-0.15, -0.1) is 5.10 Å². The summed E-state index contributed by atoms with van der Waals surface area (Å²) in [5, 5.41) is 11.0. The first-order valence-electron chi connectivity index (χ1n) is 6.68. The maximum Gasteiger partial charge on any atom is 0.159 e. The lowest BCUT2D eigenvalue weighted by Gasteiger charge is -2.07. The third kappa shape index (κ3) is 3.12. The zero-order chi connectivity index (χ0) is 16.4. The highest BCUT2D eigenvalue weighted by Gasteiger charge is 2.12. The summed E-state index contributed by atoms with van der Waals surface area (Å²) in [4.78, 5) is 3.93. The molecule has 2 aromatic carbocycles. The molecule has 116 valence electrons. The lowest BCUT2D eigenvalue weighted by Crippen LogP contribution is -1.90. The molecule has 3 aromatic rings. The fraction of sp³-hybridized carbons (Fsp3) is 0.0625. The van der Waals surface area contributed by atoms with Crippen LogP contribution in [0.1, 0.15) is 5.69 Å². The van der Waals surface area contributed by atoms with E-state index in [1.165, 1.54) is 6.07 Å². The number of aromatic amines is 1. The van der Waals surface area contributed by atoms with Crippen LogP contribution in [0.5, 0.6) is 0 Å². The van der Waals surface area contributed by atoms with Crippen molar-refractivity contribution >= 4 is 17.8 Å². The first-order valence-corrected chi connectivity index (χ1v) is 7.06. The highest BCUT2D eigenvalue weighted by atomic mass is 35.5. The van der Waals surface area contributed by atoms with E-state index in [2.05, 4.69) is 20.4 Å². The molecule has 4 nitrogen and oxygen atoms in total. The van der Waals surface area contributed by atoms with Gasteiger partial charge in [0.25, 0.3) is 0 Å². The van der Waals surface area contributed by atoms with Crippen LogP contribution in [0.3, 0.4) is 0 Å². The minimum absolute atomic E-state index is 0.449. The minimum atomic E-state index is -0.913. The van der Waals surface area contributed by atoms with Gasteiger partial charge in [0.05, 0.1) is 0 Å². The molecule has 0 unspecified atom stereocenters. The molecule has 23 heavy (non-hydrogen) atoms. The lowest BCUT2D eigenvalue weighted by atomic mass is 10.0. The van der Waals surface area contributed by atoms with Crippen molar-refractivity contribution in [3.8, 4) is 22.4 Å². The number of aromatic nitrogens is 3. The number of benzene rings is 2. The van der Waals surface area contributed by atoms with E-state index >= 15 is 0 Å². The Kier molecular flexibility index (Phi) is 4.16. The summed E-state index contributed by atoms with van der Waals surface area (Å²) < 4.78 is 26.5. The molecule has 0 aliphatic carbocycles. The maximum absolute atomic E-state index is 13.5. The Bertz CT molecular complexity index is 890. The molecule has 0 aliphatic rings. The monoisotopic (exact) mass is 332 g/mol. The molecule has 0 radical (unpaired) electrons. The van der Waals surface area contributed by atoms with Gasteiger partial charge in [-0.2, -0.15) is 0 Å². The van der Waals surface area contributed by atoms with Crippen LogP contribution in [-0.2, 0) is 0 Å². The zero-order valence-electron chi connectivity index (χ0n) is 12.0. The van der Waals surface area contributed by atoms with Crippen LogP contribution in [0, 0.1) is 11.6 Å². The predicted octanol–water partition coefficient (Wildman–Crippen LogP) is 4.12. The number of halogens is 3. The normalized spacial score (nSPS) is 11.3. The summed E-state index contributed by atoms with van der Waals surface area (Å²) in [7, 11) is 1.63. The second kappa shape index (κ2) is 6.26. The summed E-state index contributed by atoms with van der Waals surface area (Å²) in [6.45, 7) is 0. The average molecular weight is 333 g/mol. The number of hydrogen-bond acceptors (Lipinski definition) is 3. The first-order chi connectivity index (χ1) is 11.1. The molecule has 0 spiro atoms. The number of aliphatic imine (C=N–C) groups is 1. The van der Waals surface area contributed by atoms with Crippen molar-refractivity contribution in [2.24, 2.45) is 4.99 Å². The summed E-state index contributed by atoms with van der Waals surface area (Å²) in [6.07, 6.45) is 1.59. The van der Waals surface area contributed by atoms with Crippen molar-refractivity contribution < 1.29 is 8.78 Å². The minimum Gasteiger partial charge on any atom is -0.294 e.